The Morgan fingerprint density at radius 3 is 2.09 bits per heavy atom. The molecule has 0 bridgehead atoms. The summed E-state index contributed by atoms with van der Waals surface area (Å²) in [5.74, 6) is 1.04. The van der Waals surface area contributed by atoms with E-state index < -0.39 is 22.5 Å². The highest BCUT2D eigenvalue weighted by molar-refractivity contribution is 7.93. The van der Waals surface area contributed by atoms with Crippen molar-refractivity contribution in [2.75, 3.05) is 37.9 Å². The Kier molecular flexibility index (Phi) is 10.8. The Morgan fingerprint density at radius 2 is 1.52 bits per heavy atom. The van der Waals surface area contributed by atoms with E-state index in [9.17, 15) is 13.2 Å². The second-order valence-corrected chi connectivity index (χ2v) is 13.6. The third-order valence-electron chi connectivity index (χ3n) is 7.58. The van der Waals surface area contributed by atoms with Crippen LogP contribution in [-0.4, -0.2) is 48.0 Å². The summed E-state index contributed by atoms with van der Waals surface area (Å²) in [6, 6.07) is 16.9. The first-order chi connectivity index (χ1) is 20.9. The van der Waals surface area contributed by atoms with Gasteiger partial charge in [0.05, 0.1) is 17.7 Å². The number of nitrogens with zero attached hydrogens (tertiary/aromatic N) is 1. The Hall–Kier alpha value is -3.76. The van der Waals surface area contributed by atoms with Crippen LogP contribution in [0.5, 0.6) is 17.2 Å². The van der Waals surface area contributed by atoms with E-state index in [0.717, 1.165) is 15.6 Å². The van der Waals surface area contributed by atoms with Crippen molar-refractivity contribution in [1.29, 1.82) is 0 Å². The van der Waals surface area contributed by atoms with Gasteiger partial charge >= 0.3 is 5.97 Å². The fourth-order valence-electron chi connectivity index (χ4n) is 5.11. The average molecular weight is 625 g/mol. The molecule has 10 heteroatoms. The van der Waals surface area contributed by atoms with Crippen molar-refractivity contribution in [3.8, 4) is 17.2 Å². The van der Waals surface area contributed by atoms with Crippen LogP contribution >= 0.6 is 0 Å². The summed E-state index contributed by atoms with van der Waals surface area (Å²) in [5, 5.41) is 3.34. The maximum atomic E-state index is 14.9. The van der Waals surface area contributed by atoms with Gasteiger partial charge in [0.25, 0.3) is 10.0 Å². The zero-order valence-electron chi connectivity index (χ0n) is 26.7. The monoisotopic (exact) mass is 624 g/mol. The van der Waals surface area contributed by atoms with Crippen molar-refractivity contribution in [2.45, 2.75) is 70.7 Å². The van der Waals surface area contributed by atoms with Gasteiger partial charge in [-0.25, -0.2) is 8.42 Å². The van der Waals surface area contributed by atoms with E-state index in [2.05, 4.69) is 19.2 Å². The molecule has 1 aliphatic heterocycles. The molecule has 3 aromatic rings. The number of ether oxygens (including phenoxy) is 4. The second-order valence-electron chi connectivity index (χ2n) is 11.8. The number of sulfonamides is 1. The van der Waals surface area contributed by atoms with E-state index in [4.69, 9.17) is 18.9 Å². The second kappa shape index (κ2) is 14.3. The molecule has 0 saturated heterocycles. The van der Waals surface area contributed by atoms with Gasteiger partial charge in [-0.1, -0.05) is 71.9 Å². The molecular formula is C34H44N2O7S. The highest BCUT2D eigenvalue weighted by atomic mass is 32.2. The highest BCUT2D eigenvalue weighted by Crippen LogP contribution is 2.42. The lowest BCUT2D eigenvalue weighted by Gasteiger charge is -2.30. The molecule has 4 rings (SSSR count). The maximum Gasteiger partial charge on any atom is 0.326 e. The zero-order valence-corrected chi connectivity index (χ0v) is 27.5. The van der Waals surface area contributed by atoms with Crippen LogP contribution in [0.3, 0.4) is 0 Å². The minimum atomic E-state index is -4.28. The van der Waals surface area contributed by atoms with Gasteiger partial charge in [0, 0.05) is 19.2 Å². The molecule has 0 radical (unpaired) electrons. The lowest BCUT2D eigenvalue weighted by atomic mass is 9.89. The number of anilines is 1. The van der Waals surface area contributed by atoms with Gasteiger partial charge in [-0.15, -0.1) is 0 Å². The molecule has 0 atom stereocenters. The first-order valence-corrected chi connectivity index (χ1v) is 16.5. The van der Waals surface area contributed by atoms with Crippen LogP contribution in [0.4, 0.5) is 5.69 Å². The highest BCUT2D eigenvalue weighted by Gasteiger charge is 2.36. The summed E-state index contributed by atoms with van der Waals surface area (Å²) >= 11 is 0. The summed E-state index contributed by atoms with van der Waals surface area (Å²) in [6.45, 7) is 12.8. The molecule has 0 unspecified atom stereocenters. The first kappa shape index (κ1) is 33.1. The van der Waals surface area contributed by atoms with Crippen LogP contribution in [0.15, 0.2) is 59.5 Å². The summed E-state index contributed by atoms with van der Waals surface area (Å²) in [6.07, 6.45) is 0. The number of fused-ring (bicyclic) bond motifs is 1. The normalized spacial score (nSPS) is 12.7. The Balaban J connectivity index is 1.79. The molecule has 9 nitrogen and oxygen atoms in total. The Bertz CT molecular complexity index is 1520. The SMILES string of the molecule is COC(=O)CN(c1cc2c(cc1CNCCOc1ccccc1)OCO2)S(=O)(=O)c1c(C(C)C)cc(C(C)C)cc1C(C)C. The molecule has 1 heterocycles. The molecule has 0 amide bonds. The number of benzene rings is 3. The third kappa shape index (κ3) is 7.47. The van der Waals surface area contributed by atoms with Crippen LogP contribution in [-0.2, 0) is 26.1 Å². The van der Waals surface area contributed by atoms with E-state index in [-0.39, 0.29) is 36.0 Å². The predicted molar refractivity (Wildman–Crippen MR) is 171 cm³/mol. The minimum absolute atomic E-state index is 0.0198. The number of carbonyl (C=O) groups is 1. The molecular weight excluding hydrogens is 580 g/mol. The number of para-hydroxylation sites is 1. The number of esters is 1. The number of methoxy groups -OCH3 is 1. The first-order valence-electron chi connectivity index (χ1n) is 15.0. The van der Waals surface area contributed by atoms with Gasteiger partial charge in [0.1, 0.15) is 18.9 Å². The van der Waals surface area contributed by atoms with Crippen LogP contribution in [0.2, 0.25) is 0 Å². The molecule has 0 saturated carbocycles. The smallest absolute Gasteiger partial charge is 0.326 e. The quantitative estimate of drug-likeness (QED) is 0.164. The van der Waals surface area contributed by atoms with Crippen molar-refractivity contribution in [2.24, 2.45) is 0 Å². The van der Waals surface area contributed by atoms with E-state index in [1.54, 1.807) is 12.1 Å². The standard InChI is InChI=1S/C34H44N2O7S/c1-22(2)25-15-28(23(3)4)34(29(16-25)24(5)6)44(38,39)36(20-33(37)40-7)30-18-32-31(42-21-43-32)17-26(30)19-35-13-14-41-27-11-9-8-10-12-27/h8-12,15-18,22-24,35H,13-14,19-21H2,1-7H3. The van der Waals surface area contributed by atoms with E-state index in [1.807, 2.05) is 70.2 Å². The topological polar surface area (TPSA) is 103 Å². The van der Waals surface area contributed by atoms with Gasteiger partial charge in [-0.2, -0.15) is 0 Å². The van der Waals surface area contributed by atoms with Gasteiger partial charge in [0.15, 0.2) is 11.5 Å². The van der Waals surface area contributed by atoms with E-state index in [0.29, 0.717) is 47.0 Å². The van der Waals surface area contributed by atoms with Gasteiger partial charge in [-0.3, -0.25) is 9.10 Å². The largest absolute Gasteiger partial charge is 0.492 e. The summed E-state index contributed by atoms with van der Waals surface area (Å²) < 4.78 is 53.0. The van der Waals surface area contributed by atoms with Gasteiger partial charge in [-0.05, 0) is 58.2 Å². The summed E-state index contributed by atoms with van der Waals surface area (Å²) in [5.41, 5.74) is 3.44. The lowest BCUT2D eigenvalue weighted by Crippen LogP contribution is -2.38. The van der Waals surface area contributed by atoms with Crippen LogP contribution in [0.1, 0.15) is 81.5 Å². The molecule has 1 aliphatic rings. The molecule has 0 aliphatic carbocycles. The van der Waals surface area contributed by atoms with Crippen molar-refractivity contribution in [3.63, 3.8) is 0 Å². The van der Waals surface area contributed by atoms with Crippen LogP contribution in [0, 0.1) is 0 Å². The zero-order chi connectivity index (χ0) is 32.0. The molecule has 0 aromatic heterocycles. The maximum absolute atomic E-state index is 14.9. The fourth-order valence-corrected chi connectivity index (χ4v) is 7.22. The van der Waals surface area contributed by atoms with Gasteiger partial charge in [0.2, 0.25) is 6.79 Å². The third-order valence-corrected chi connectivity index (χ3v) is 9.47. The summed E-state index contributed by atoms with van der Waals surface area (Å²) in [7, 11) is -3.03. The predicted octanol–water partition coefficient (Wildman–Crippen LogP) is 6.32. The molecule has 44 heavy (non-hydrogen) atoms. The summed E-state index contributed by atoms with van der Waals surface area (Å²) in [4.78, 5) is 13.0. The Labute approximate surface area is 261 Å². The number of hydrogen-bond acceptors (Lipinski definition) is 8. The Morgan fingerprint density at radius 1 is 0.909 bits per heavy atom. The van der Waals surface area contributed by atoms with Crippen molar-refractivity contribution < 1.29 is 32.2 Å². The number of hydrogen-bond donors (Lipinski definition) is 1. The molecule has 3 aromatic carbocycles. The van der Waals surface area contributed by atoms with Gasteiger partial charge < -0.3 is 24.3 Å². The molecule has 1 N–H and O–H groups in total. The number of nitrogens with one attached hydrogen (secondary N) is 1. The van der Waals surface area contributed by atoms with Crippen LogP contribution in [0.25, 0.3) is 0 Å². The van der Waals surface area contributed by atoms with Crippen molar-refractivity contribution >= 4 is 21.7 Å². The number of carbonyl (C=O) groups excluding carboxylic acids is 1. The lowest BCUT2D eigenvalue weighted by molar-refractivity contribution is -0.138. The molecule has 0 fully saturated rings. The van der Waals surface area contributed by atoms with E-state index in [1.165, 1.54) is 7.11 Å². The average Bonchev–Trinajstić information content (AvgIpc) is 3.46. The van der Waals surface area contributed by atoms with Crippen molar-refractivity contribution in [3.05, 3.63) is 76.9 Å². The fraction of sp³-hybridized carbons (Fsp3) is 0.441. The molecule has 238 valence electrons. The number of rotatable bonds is 14. The van der Waals surface area contributed by atoms with Crippen LogP contribution < -0.4 is 23.8 Å². The molecule has 0 spiro atoms. The van der Waals surface area contributed by atoms with Crippen molar-refractivity contribution in [1.82, 2.24) is 5.32 Å². The van der Waals surface area contributed by atoms with E-state index >= 15 is 0 Å². The minimum Gasteiger partial charge on any atom is -0.492 e.